The number of aromatic nitrogens is 2. The summed E-state index contributed by atoms with van der Waals surface area (Å²) >= 11 is 0. The molecule has 1 aliphatic heterocycles. The molecule has 0 radical (unpaired) electrons. The minimum absolute atomic E-state index is 0.0845. The van der Waals surface area contributed by atoms with Crippen molar-refractivity contribution in [2.45, 2.75) is 45.8 Å². The zero-order valence-corrected chi connectivity index (χ0v) is 16.2. The molecule has 0 saturated carbocycles. The Bertz CT molecular complexity index is 873. The molecule has 3 rings (SSSR count). The van der Waals surface area contributed by atoms with Crippen molar-refractivity contribution in [3.63, 3.8) is 0 Å². The number of nitrogens with one attached hydrogen (secondary N) is 1. The summed E-state index contributed by atoms with van der Waals surface area (Å²) in [6.07, 6.45) is 2.01. The van der Waals surface area contributed by atoms with Gasteiger partial charge in [0.2, 0.25) is 5.91 Å². The number of hydrogen-bond acceptors (Lipinski definition) is 5. The molecule has 2 heterocycles. The number of carbonyl (C=O) groups excluding carboxylic acids is 3. The zero-order valence-electron chi connectivity index (χ0n) is 16.2. The lowest BCUT2D eigenvalue weighted by Crippen LogP contribution is -2.31. The van der Waals surface area contributed by atoms with Crippen molar-refractivity contribution >= 4 is 29.3 Å². The summed E-state index contributed by atoms with van der Waals surface area (Å²) in [4.78, 5) is 38.2. The van der Waals surface area contributed by atoms with Crippen LogP contribution in [-0.4, -0.2) is 40.2 Å². The van der Waals surface area contributed by atoms with Crippen LogP contribution in [0.25, 0.3) is 0 Å². The largest absolute Gasteiger partial charge is 0.449 e. The third kappa shape index (κ3) is 4.21. The summed E-state index contributed by atoms with van der Waals surface area (Å²) in [5.41, 5.74) is 1.08. The Morgan fingerprint density at radius 3 is 2.46 bits per heavy atom. The van der Waals surface area contributed by atoms with E-state index in [0.717, 1.165) is 12.1 Å². The molecule has 2 aromatic rings. The van der Waals surface area contributed by atoms with Gasteiger partial charge in [-0.15, -0.1) is 0 Å². The van der Waals surface area contributed by atoms with Gasteiger partial charge in [-0.3, -0.25) is 9.59 Å². The SMILES string of the molecule is CC(C)n1nccc1NC(=O)[C@@H](C)OC(=O)c1ccc(N2CCCC2=O)cc1. The molecular weight excluding hydrogens is 360 g/mol. The van der Waals surface area contributed by atoms with Crippen LogP contribution in [0.3, 0.4) is 0 Å². The summed E-state index contributed by atoms with van der Waals surface area (Å²) < 4.78 is 6.94. The number of anilines is 2. The Labute approximate surface area is 163 Å². The molecule has 148 valence electrons. The van der Waals surface area contributed by atoms with Crippen LogP contribution >= 0.6 is 0 Å². The maximum atomic E-state index is 12.3. The maximum Gasteiger partial charge on any atom is 0.338 e. The van der Waals surface area contributed by atoms with Crippen LogP contribution in [0, 0.1) is 0 Å². The number of rotatable bonds is 6. The second kappa shape index (κ2) is 8.24. The summed E-state index contributed by atoms with van der Waals surface area (Å²) in [6, 6.07) is 8.40. The van der Waals surface area contributed by atoms with Crippen molar-refractivity contribution < 1.29 is 19.1 Å². The molecule has 1 aliphatic rings. The lowest BCUT2D eigenvalue weighted by molar-refractivity contribution is -0.123. The molecule has 1 aromatic carbocycles. The van der Waals surface area contributed by atoms with Gasteiger partial charge in [-0.05, 0) is 51.5 Å². The number of ether oxygens (including phenoxy) is 1. The van der Waals surface area contributed by atoms with Crippen LogP contribution < -0.4 is 10.2 Å². The molecule has 0 spiro atoms. The average Bonchev–Trinajstić information content (AvgIpc) is 3.30. The fourth-order valence-corrected chi connectivity index (χ4v) is 3.03. The molecule has 0 aliphatic carbocycles. The normalized spacial score (nSPS) is 15.0. The smallest absolute Gasteiger partial charge is 0.338 e. The van der Waals surface area contributed by atoms with Crippen LogP contribution in [-0.2, 0) is 14.3 Å². The highest BCUT2D eigenvalue weighted by Gasteiger charge is 2.23. The van der Waals surface area contributed by atoms with Crippen molar-refractivity contribution in [2.75, 3.05) is 16.8 Å². The highest BCUT2D eigenvalue weighted by molar-refractivity contribution is 5.98. The van der Waals surface area contributed by atoms with Gasteiger partial charge in [-0.1, -0.05) is 0 Å². The fraction of sp³-hybridized carbons (Fsp3) is 0.400. The first-order valence-corrected chi connectivity index (χ1v) is 9.32. The molecule has 1 atom stereocenters. The predicted molar refractivity (Wildman–Crippen MR) is 104 cm³/mol. The monoisotopic (exact) mass is 384 g/mol. The zero-order chi connectivity index (χ0) is 20.3. The number of carbonyl (C=O) groups is 3. The van der Waals surface area contributed by atoms with Crippen LogP contribution in [0.5, 0.6) is 0 Å². The van der Waals surface area contributed by atoms with Crippen LogP contribution in [0.1, 0.15) is 50.0 Å². The second-order valence-electron chi connectivity index (χ2n) is 6.99. The second-order valence-corrected chi connectivity index (χ2v) is 6.99. The number of esters is 1. The van der Waals surface area contributed by atoms with Crippen LogP contribution in [0.2, 0.25) is 0 Å². The van der Waals surface area contributed by atoms with Crippen molar-refractivity contribution in [2.24, 2.45) is 0 Å². The molecule has 1 fully saturated rings. The standard InChI is InChI=1S/C20H24N4O4/c1-13(2)24-17(10-11-21-24)22-19(26)14(3)28-20(27)15-6-8-16(9-7-15)23-12-4-5-18(23)25/h6-11,13-14H,4-5,12H2,1-3H3,(H,22,26)/t14-/m1/s1. The van der Waals surface area contributed by atoms with Crippen molar-refractivity contribution in [3.8, 4) is 0 Å². The van der Waals surface area contributed by atoms with E-state index in [1.807, 2.05) is 13.8 Å². The first kappa shape index (κ1) is 19.6. The summed E-state index contributed by atoms with van der Waals surface area (Å²) in [6.45, 7) is 6.10. The van der Waals surface area contributed by atoms with Crippen LogP contribution in [0.15, 0.2) is 36.5 Å². The topological polar surface area (TPSA) is 93.5 Å². The molecule has 28 heavy (non-hydrogen) atoms. The third-order valence-electron chi connectivity index (χ3n) is 4.55. The Kier molecular flexibility index (Phi) is 5.77. The summed E-state index contributed by atoms with van der Waals surface area (Å²) in [5.74, 6) is -0.405. The Morgan fingerprint density at radius 1 is 1.14 bits per heavy atom. The number of hydrogen-bond donors (Lipinski definition) is 1. The minimum Gasteiger partial charge on any atom is -0.449 e. The lowest BCUT2D eigenvalue weighted by atomic mass is 10.2. The average molecular weight is 384 g/mol. The van der Waals surface area contributed by atoms with Gasteiger partial charge in [0, 0.05) is 30.8 Å². The van der Waals surface area contributed by atoms with Gasteiger partial charge in [-0.25, -0.2) is 9.48 Å². The van der Waals surface area contributed by atoms with Crippen molar-refractivity contribution in [3.05, 3.63) is 42.1 Å². The molecule has 0 unspecified atom stereocenters. The van der Waals surface area contributed by atoms with E-state index in [1.165, 1.54) is 6.92 Å². The molecule has 1 saturated heterocycles. The minimum atomic E-state index is -0.970. The Balaban J connectivity index is 1.59. The molecule has 1 aromatic heterocycles. The highest BCUT2D eigenvalue weighted by Crippen LogP contribution is 2.22. The van der Waals surface area contributed by atoms with Gasteiger partial charge < -0.3 is 15.0 Å². The molecule has 8 heteroatoms. The van der Waals surface area contributed by atoms with Gasteiger partial charge in [0.15, 0.2) is 6.10 Å². The van der Waals surface area contributed by atoms with E-state index in [2.05, 4.69) is 10.4 Å². The molecule has 8 nitrogen and oxygen atoms in total. The van der Waals surface area contributed by atoms with E-state index in [9.17, 15) is 14.4 Å². The number of benzene rings is 1. The molecular formula is C20H24N4O4. The summed E-state index contributed by atoms with van der Waals surface area (Å²) in [5, 5.41) is 6.87. The molecule has 0 bridgehead atoms. The maximum absolute atomic E-state index is 12.3. The van der Waals surface area contributed by atoms with Crippen molar-refractivity contribution in [1.82, 2.24) is 9.78 Å². The Morgan fingerprint density at radius 2 is 1.86 bits per heavy atom. The van der Waals surface area contributed by atoms with E-state index in [-0.39, 0.29) is 11.9 Å². The third-order valence-corrected chi connectivity index (χ3v) is 4.55. The van der Waals surface area contributed by atoms with Crippen molar-refractivity contribution in [1.29, 1.82) is 0 Å². The fourth-order valence-electron chi connectivity index (χ4n) is 3.03. The van der Waals surface area contributed by atoms with E-state index in [1.54, 1.807) is 46.1 Å². The van der Waals surface area contributed by atoms with E-state index >= 15 is 0 Å². The van der Waals surface area contributed by atoms with Crippen LogP contribution in [0.4, 0.5) is 11.5 Å². The lowest BCUT2D eigenvalue weighted by Gasteiger charge is -2.17. The van der Waals surface area contributed by atoms with E-state index < -0.39 is 18.0 Å². The molecule has 1 N–H and O–H groups in total. The van der Waals surface area contributed by atoms with Gasteiger partial charge in [0.1, 0.15) is 5.82 Å². The van der Waals surface area contributed by atoms with Gasteiger partial charge >= 0.3 is 5.97 Å². The first-order chi connectivity index (χ1) is 13.4. The number of nitrogens with zero attached hydrogens (tertiary/aromatic N) is 3. The van der Waals surface area contributed by atoms with Gasteiger partial charge in [0.25, 0.3) is 5.91 Å². The predicted octanol–water partition coefficient (Wildman–Crippen LogP) is 2.77. The number of amides is 2. The highest BCUT2D eigenvalue weighted by atomic mass is 16.5. The van der Waals surface area contributed by atoms with Gasteiger partial charge in [0.05, 0.1) is 11.8 Å². The van der Waals surface area contributed by atoms with E-state index in [0.29, 0.717) is 24.3 Å². The first-order valence-electron chi connectivity index (χ1n) is 9.32. The Hall–Kier alpha value is -3.16. The van der Waals surface area contributed by atoms with Gasteiger partial charge in [-0.2, -0.15) is 5.10 Å². The molecule has 2 amide bonds. The summed E-state index contributed by atoms with van der Waals surface area (Å²) in [7, 11) is 0. The van der Waals surface area contributed by atoms with E-state index in [4.69, 9.17) is 4.74 Å². The quantitative estimate of drug-likeness (QED) is 0.773.